The predicted octanol–water partition coefficient (Wildman–Crippen LogP) is 5.17. The molecule has 2 saturated heterocycles. The second-order valence-electron chi connectivity index (χ2n) is 14.7. The Kier molecular flexibility index (Phi) is 15.5. The van der Waals surface area contributed by atoms with Gasteiger partial charge < -0.3 is 39.8 Å². The SMILES string of the molecule is CC1(C)OCC(CONC(=O)c2c(Nc3ccc(Br)cc3F)c(Cl)c(=O)n3c2CCC3)O1.O=C(NOCC(O)CO)C1=C2CCCN2C(=O)C(Cl)C1Nc1ccc(Br)cc1F. The van der Waals surface area contributed by atoms with E-state index in [2.05, 4.69) is 53.5 Å². The second-order valence-corrected chi connectivity index (χ2v) is 17.4. The van der Waals surface area contributed by atoms with E-state index in [4.69, 9.17) is 47.5 Å². The summed E-state index contributed by atoms with van der Waals surface area (Å²) in [6, 6.07) is 7.74. The fourth-order valence-corrected chi connectivity index (χ4v) is 8.36. The number of halogens is 6. The van der Waals surface area contributed by atoms with Gasteiger partial charge in [-0.15, -0.1) is 11.6 Å². The molecule has 4 aliphatic rings. The van der Waals surface area contributed by atoms with E-state index in [1.165, 1.54) is 33.7 Å². The molecule has 6 N–H and O–H groups in total. The van der Waals surface area contributed by atoms with Crippen molar-refractivity contribution in [1.29, 1.82) is 0 Å². The maximum atomic E-state index is 14.4. The number of benzene rings is 2. The average molecular weight is 1020 g/mol. The van der Waals surface area contributed by atoms with E-state index < -0.39 is 58.9 Å². The van der Waals surface area contributed by atoms with Crippen LogP contribution in [0.3, 0.4) is 0 Å². The monoisotopic (exact) mass is 1020 g/mol. The van der Waals surface area contributed by atoms with Gasteiger partial charge in [0.15, 0.2) is 5.79 Å². The number of aliphatic hydroxyl groups excluding tert-OH is 2. The molecule has 4 atom stereocenters. The van der Waals surface area contributed by atoms with Crippen LogP contribution < -0.4 is 27.2 Å². The molecule has 22 heteroatoms. The smallest absolute Gasteiger partial charge is 0.278 e. The maximum absolute atomic E-state index is 14.4. The number of pyridine rings is 1. The third-order valence-electron chi connectivity index (χ3n) is 9.91. The van der Waals surface area contributed by atoms with Crippen molar-refractivity contribution in [3.63, 3.8) is 0 Å². The molecule has 4 unspecified atom stereocenters. The van der Waals surface area contributed by atoms with Gasteiger partial charge in [-0.25, -0.2) is 19.7 Å². The first kappa shape index (κ1) is 46.8. The third kappa shape index (κ3) is 10.9. The number of fused-ring (bicyclic) bond motifs is 2. The lowest BCUT2D eigenvalue weighted by molar-refractivity contribution is -0.147. The molecule has 61 heavy (non-hydrogen) atoms. The molecule has 7 rings (SSSR count). The fraction of sp³-hybridized carbons (Fsp3) is 0.436. The van der Waals surface area contributed by atoms with Crippen molar-refractivity contribution in [2.24, 2.45) is 0 Å². The molecule has 0 saturated carbocycles. The lowest BCUT2D eigenvalue weighted by Gasteiger charge is -2.36. The highest BCUT2D eigenvalue weighted by atomic mass is 79.9. The molecule has 0 bridgehead atoms. The first-order chi connectivity index (χ1) is 29.0. The van der Waals surface area contributed by atoms with E-state index >= 15 is 0 Å². The summed E-state index contributed by atoms with van der Waals surface area (Å²) in [6.45, 7) is 4.03. The zero-order chi connectivity index (χ0) is 44.2. The van der Waals surface area contributed by atoms with Crippen LogP contribution in [0.4, 0.5) is 25.8 Å². The van der Waals surface area contributed by atoms with Gasteiger partial charge in [0.05, 0.1) is 47.5 Å². The van der Waals surface area contributed by atoms with Gasteiger partial charge in [-0.1, -0.05) is 43.5 Å². The average Bonchev–Trinajstić information content (AvgIpc) is 3.98. The molecule has 16 nitrogen and oxygen atoms in total. The third-order valence-corrected chi connectivity index (χ3v) is 11.7. The number of hydroxylamine groups is 2. The lowest BCUT2D eigenvalue weighted by Crippen LogP contribution is -2.52. The predicted molar refractivity (Wildman–Crippen MR) is 226 cm³/mol. The summed E-state index contributed by atoms with van der Waals surface area (Å²) in [6.07, 6.45) is 0.845. The Morgan fingerprint density at radius 1 is 1.00 bits per heavy atom. The number of aliphatic hydroxyl groups is 2. The van der Waals surface area contributed by atoms with Gasteiger partial charge in [-0.2, -0.15) is 0 Å². The van der Waals surface area contributed by atoms with Gasteiger partial charge >= 0.3 is 0 Å². The summed E-state index contributed by atoms with van der Waals surface area (Å²) in [4.78, 5) is 63.1. The van der Waals surface area contributed by atoms with E-state index in [9.17, 15) is 33.1 Å². The second kappa shape index (κ2) is 20.2. The van der Waals surface area contributed by atoms with E-state index in [0.29, 0.717) is 65.7 Å². The summed E-state index contributed by atoms with van der Waals surface area (Å²) < 4.78 is 42.5. The van der Waals surface area contributed by atoms with Crippen LogP contribution in [0.1, 0.15) is 49.2 Å². The molecule has 4 aliphatic heterocycles. The summed E-state index contributed by atoms with van der Waals surface area (Å²) in [5.41, 5.74) is 5.68. The Hall–Kier alpha value is -3.70. The summed E-state index contributed by atoms with van der Waals surface area (Å²) >= 11 is 19.1. The van der Waals surface area contributed by atoms with Crippen molar-refractivity contribution in [3.05, 3.63) is 94.9 Å². The highest BCUT2D eigenvalue weighted by Gasteiger charge is 2.45. The lowest BCUT2D eigenvalue weighted by atomic mass is 9.94. The summed E-state index contributed by atoms with van der Waals surface area (Å²) in [5, 5.41) is 22.5. The van der Waals surface area contributed by atoms with E-state index in [0.717, 1.165) is 0 Å². The number of anilines is 3. The van der Waals surface area contributed by atoms with Gasteiger partial charge in [0, 0.05) is 33.4 Å². The number of ether oxygens (including phenoxy) is 2. The molecule has 330 valence electrons. The maximum Gasteiger partial charge on any atom is 0.278 e. The highest BCUT2D eigenvalue weighted by Crippen LogP contribution is 2.37. The van der Waals surface area contributed by atoms with Crippen molar-refractivity contribution in [2.45, 2.75) is 75.5 Å². The number of nitrogens with one attached hydrogen (secondary N) is 4. The number of alkyl halides is 1. The number of amides is 3. The number of carbonyl (C=O) groups is 3. The number of hydrogen-bond donors (Lipinski definition) is 6. The Morgan fingerprint density at radius 2 is 1.66 bits per heavy atom. The van der Waals surface area contributed by atoms with Crippen LogP contribution in [0.5, 0.6) is 0 Å². The van der Waals surface area contributed by atoms with Crippen molar-refractivity contribution < 1.29 is 52.5 Å². The minimum absolute atomic E-state index is 0.0359. The first-order valence-corrected chi connectivity index (χ1v) is 21.4. The largest absolute Gasteiger partial charge is 0.394 e. The molecule has 1 aromatic heterocycles. The van der Waals surface area contributed by atoms with Crippen molar-refractivity contribution in [2.75, 3.05) is 43.6 Å². The van der Waals surface area contributed by atoms with Crippen LogP contribution in [0.15, 0.2) is 61.4 Å². The molecule has 0 spiro atoms. The minimum Gasteiger partial charge on any atom is -0.394 e. The Balaban J connectivity index is 0.000000205. The van der Waals surface area contributed by atoms with Crippen LogP contribution in [-0.2, 0) is 41.7 Å². The number of hydrogen-bond acceptors (Lipinski definition) is 12. The van der Waals surface area contributed by atoms with Crippen LogP contribution in [0.25, 0.3) is 0 Å². The molecular formula is C39H42Br2Cl2F2N6O10. The molecule has 3 aromatic rings. The van der Waals surface area contributed by atoms with Crippen LogP contribution in [-0.4, -0.2) is 99.8 Å². The molecule has 2 aromatic carbocycles. The standard InChI is InChI=1S/C21H22BrClFN3O5.C18H20BrClFN3O5/c1-21(2)30-9-12(32-21)10-31-26-19(28)16-15-4-3-7-27(15)20(29)17(23)18(16)25-14-6-5-11(22)8-13(14)24;19-9-3-4-12(11(21)6-9)22-16-14(17(27)23-29-8-10(26)7-25)13-2-1-5-24(13)18(28)15(16)20/h5-6,8,12,25H,3-4,7,9-10H2,1-2H3,(H,26,28);3-4,6,10,15-16,22,25-26H,1-2,5,7-8H2,(H,23,27). The highest BCUT2D eigenvalue weighted by molar-refractivity contribution is 9.10. The number of carbonyl (C=O) groups excluding carboxylic acids is 3. The van der Waals surface area contributed by atoms with Crippen molar-refractivity contribution >= 4 is 89.8 Å². The quantitative estimate of drug-likeness (QED) is 0.0971. The topological polar surface area (TPSA) is 202 Å². The van der Waals surface area contributed by atoms with Crippen LogP contribution in [0, 0.1) is 11.6 Å². The summed E-state index contributed by atoms with van der Waals surface area (Å²) in [5.74, 6) is -3.47. The Morgan fingerprint density at radius 3 is 2.30 bits per heavy atom. The van der Waals surface area contributed by atoms with E-state index in [-0.39, 0.29) is 58.4 Å². The van der Waals surface area contributed by atoms with Crippen LogP contribution >= 0.6 is 55.1 Å². The minimum atomic E-state index is -1.16. The van der Waals surface area contributed by atoms with Crippen LogP contribution in [0.2, 0.25) is 5.02 Å². The molecule has 0 radical (unpaired) electrons. The fourth-order valence-electron chi connectivity index (χ4n) is 7.14. The van der Waals surface area contributed by atoms with Gasteiger partial charge in [-0.05, 0) is 75.9 Å². The molecule has 0 aliphatic carbocycles. The van der Waals surface area contributed by atoms with Gasteiger partial charge in [0.1, 0.15) is 47.5 Å². The number of aromatic nitrogens is 1. The van der Waals surface area contributed by atoms with Gasteiger partial charge in [0.2, 0.25) is 5.91 Å². The first-order valence-electron chi connectivity index (χ1n) is 19.0. The number of nitrogens with zero attached hydrogens (tertiary/aromatic N) is 2. The van der Waals surface area contributed by atoms with E-state index in [1.807, 2.05) is 0 Å². The summed E-state index contributed by atoms with van der Waals surface area (Å²) in [7, 11) is 0. The molecular weight excluding hydrogens is 981 g/mol. The van der Waals surface area contributed by atoms with Gasteiger partial charge in [-0.3, -0.25) is 28.9 Å². The van der Waals surface area contributed by atoms with Crippen molar-refractivity contribution in [3.8, 4) is 0 Å². The zero-order valence-electron chi connectivity index (χ0n) is 32.7. The molecule has 5 heterocycles. The Bertz CT molecular complexity index is 2270. The zero-order valence-corrected chi connectivity index (χ0v) is 37.4. The molecule has 3 amide bonds. The van der Waals surface area contributed by atoms with Crippen molar-refractivity contribution in [1.82, 2.24) is 20.4 Å². The van der Waals surface area contributed by atoms with Gasteiger partial charge in [0.25, 0.3) is 17.4 Å². The number of allylic oxidation sites excluding steroid dienone is 1. The normalized spacial score (nSPS) is 20.7. The molecule has 2 fully saturated rings. The number of rotatable bonds is 13. The Labute approximate surface area is 375 Å². The van der Waals surface area contributed by atoms with E-state index in [1.54, 1.807) is 26.0 Å².